The van der Waals surface area contributed by atoms with Gasteiger partial charge in [0.1, 0.15) is 0 Å². The molecule has 0 saturated carbocycles. The Morgan fingerprint density at radius 2 is 2.13 bits per heavy atom. The number of piperazine rings is 1. The molecular weight excluding hydrogens is 194 g/mol. The van der Waals surface area contributed by atoms with Gasteiger partial charge >= 0.3 is 6.09 Å². The van der Waals surface area contributed by atoms with E-state index in [0.29, 0.717) is 12.1 Å². The van der Waals surface area contributed by atoms with Crippen molar-refractivity contribution in [1.82, 2.24) is 15.5 Å². The number of carboxylic acid groups (broad SMARTS) is 1. The summed E-state index contributed by atoms with van der Waals surface area (Å²) in [5, 5.41) is 14.5. The highest BCUT2D eigenvalue weighted by Gasteiger charge is 2.36. The van der Waals surface area contributed by atoms with Gasteiger partial charge in [-0.2, -0.15) is 0 Å². The highest BCUT2D eigenvalue weighted by atomic mass is 16.4. The van der Waals surface area contributed by atoms with E-state index in [-0.39, 0.29) is 6.04 Å². The first-order chi connectivity index (χ1) is 7.16. The quantitative estimate of drug-likeness (QED) is 0.621. The first-order valence-electron chi connectivity index (χ1n) is 5.62. The molecule has 1 amide bonds. The van der Waals surface area contributed by atoms with Crippen LogP contribution in [-0.2, 0) is 0 Å². The Morgan fingerprint density at radius 1 is 1.53 bits per heavy atom. The molecule has 0 aliphatic carbocycles. The molecule has 3 atom stereocenters. The van der Waals surface area contributed by atoms with Crippen LogP contribution in [0.15, 0.2) is 0 Å². The summed E-state index contributed by atoms with van der Waals surface area (Å²) in [6, 6.07) is 1.24. The largest absolute Gasteiger partial charge is 0.465 e. The maximum atomic E-state index is 10.5. The first-order valence-corrected chi connectivity index (χ1v) is 5.62. The summed E-state index contributed by atoms with van der Waals surface area (Å²) in [7, 11) is 0. The van der Waals surface area contributed by atoms with Crippen LogP contribution in [0.25, 0.3) is 0 Å². The average Bonchev–Trinajstić information content (AvgIpc) is 2.40. The van der Waals surface area contributed by atoms with Crippen molar-refractivity contribution in [2.75, 3.05) is 19.6 Å². The molecule has 3 unspecified atom stereocenters. The third-order valence-corrected chi connectivity index (χ3v) is 3.39. The van der Waals surface area contributed by atoms with Crippen molar-refractivity contribution < 1.29 is 9.90 Å². The van der Waals surface area contributed by atoms with Gasteiger partial charge in [0.05, 0.1) is 0 Å². The van der Waals surface area contributed by atoms with E-state index in [2.05, 4.69) is 15.5 Å². The summed E-state index contributed by atoms with van der Waals surface area (Å²) in [5.41, 5.74) is 0. The Balaban J connectivity index is 1.86. The van der Waals surface area contributed by atoms with Gasteiger partial charge < -0.3 is 15.7 Å². The van der Waals surface area contributed by atoms with Crippen LogP contribution < -0.4 is 10.6 Å². The predicted molar refractivity (Wildman–Crippen MR) is 57.0 cm³/mol. The summed E-state index contributed by atoms with van der Waals surface area (Å²) < 4.78 is 0. The molecule has 2 fully saturated rings. The standard InChI is InChI=1S/C10H19N3O2/c1-7(12-10(14)15)6-13-8-2-3-9(13)5-11-4-8/h7-9,11-12H,2-6H2,1H3,(H,14,15). The van der Waals surface area contributed by atoms with E-state index in [1.165, 1.54) is 12.8 Å². The van der Waals surface area contributed by atoms with E-state index in [1.807, 2.05) is 6.92 Å². The fourth-order valence-electron chi connectivity index (χ4n) is 2.74. The van der Waals surface area contributed by atoms with Gasteiger partial charge in [0.25, 0.3) is 0 Å². The van der Waals surface area contributed by atoms with Crippen LogP contribution in [-0.4, -0.2) is 53.9 Å². The minimum atomic E-state index is -0.926. The average molecular weight is 213 g/mol. The summed E-state index contributed by atoms with van der Waals surface area (Å²) in [4.78, 5) is 12.9. The highest BCUT2D eigenvalue weighted by molar-refractivity contribution is 5.64. The van der Waals surface area contributed by atoms with Crippen molar-refractivity contribution in [3.05, 3.63) is 0 Å². The molecule has 2 aliphatic heterocycles. The molecule has 0 aromatic carbocycles. The summed E-state index contributed by atoms with van der Waals surface area (Å²) in [6.45, 7) is 4.87. The van der Waals surface area contributed by atoms with Crippen molar-refractivity contribution in [2.45, 2.75) is 37.9 Å². The molecule has 0 spiro atoms. The van der Waals surface area contributed by atoms with Gasteiger partial charge in [-0.3, -0.25) is 4.90 Å². The van der Waals surface area contributed by atoms with Gasteiger partial charge in [-0.05, 0) is 19.8 Å². The van der Waals surface area contributed by atoms with Crippen LogP contribution in [0.1, 0.15) is 19.8 Å². The van der Waals surface area contributed by atoms with Crippen molar-refractivity contribution in [1.29, 1.82) is 0 Å². The zero-order chi connectivity index (χ0) is 10.8. The van der Waals surface area contributed by atoms with Crippen LogP contribution in [0.5, 0.6) is 0 Å². The number of fused-ring (bicyclic) bond motifs is 2. The molecule has 0 aromatic heterocycles. The maximum absolute atomic E-state index is 10.5. The predicted octanol–water partition coefficient (Wildman–Crippen LogP) is 0.0787. The molecule has 5 nitrogen and oxygen atoms in total. The summed E-state index contributed by atoms with van der Waals surface area (Å²) in [6.07, 6.45) is 1.57. The molecule has 2 aliphatic rings. The zero-order valence-corrected chi connectivity index (χ0v) is 9.07. The van der Waals surface area contributed by atoms with Gasteiger partial charge in [0, 0.05) is 37.8 Å². The Morgan fingerprint density at radius 3 is 2.67 bits per heavy atom. The lowest BCUT2D eigenvalue weighted by molar-refractivity contribution is 0.136. The minimum absolute atomic E-state index is 0.0173. The van der Waals surface area contributed by atoms with Crippen LogP contribution >= 0.6 is 0 Å². The van der Waals surface area contributed by atoms with E-state index in [4.69, 9.17) is 5.11 Å². The number of amides is 1. The molecular formula is C10H19N3O2. The van der Waals surface area contributed by atoms with Gasteiger partial charge in [0.2, 0.25) is 0 Å². The Labute approximate surface area is 89.8 Å². The summed E-state index contributed by atoms with van der Waals surface area (Å²) in [5.74, 6) is 0. The van der Waals surface area contributed by atoms with Crippen molar-refractivity contribution in [2.24, 2.45) is 0 Å². The first kappa shape index (κ1) is 10.7. The maximum Gasteiger partial charge on any atom is 0.404 e. The molecule has 2 saturated heterocycles. The van der Waals surface area contributed by atoms with E-state index in [1.54, 1.807) is 0 Å². The lowest BCUT2D eigenvalue weighted by Crippen LogP contribution is -2.55. The summed E-state index contributed by atoms with van der Waals surface area (Å²) >= 11 is 0. The molecule has 0 aromatic rings. The molecule has 5 heteroatoms. The van der Waals surface area contributed by atoms with Gasteiger partial charge in [-0.1, -0.05) is 0 Å². The van der Waals surface area contributed by atoms with Crippen LogP contribution in [0.4, 0.5) is 4.79 Å². The minimum Gasteiger partial charge on any atom is -0.465 e. The smallest absolute Gasteiger partial charge is 0.404 e. The normalized spacial score (nSPS) is 32.6. The number of hydrogen-bond donors (Lipinski definition) is 3. The van der Waals surface area contributed by atoms with E-state index in [9.17, 15) is 4.79 Å². The second kappa shape index (κ2) is 4.37. The number of hydrogen-bond acceptors (Lipinski definition) is 3. The molecule has 15 heavy (non-hydrogen) atoms. The highest BCUT2D eigenvalue weighted by Crippen LogP contribution is 2.26. The monoisotopic (exact) mass is 213 g/mol. The number of carbonyl (C=O) groups is 1. The van der Waals surface area contributed by atoms with Gasteiger partial charge in [-0.25, -0.2) is 4.79 Å². The lowest BCUT2D eigenvalue weighted by Gasteiger charge is -2.36. The Hall–Kier alpha value is -0.810. The lowest BCUT2D eigenvalue weighted by atomic mass is 10.2. The number of nitrogens with zero attached hydrogens (tertiary/aromatic N) is 1. The molecule has 3 N–H and O–H groups in total. The van der Waals surface area contributed by atoms with E-state index in [0.717, 1.165) is 19.6 Å². The fourth-order valence-corrected chi connectivity index (χ4v) is 2.74. The van der Waals surface area contributed by atoms with Crippen LogP contribution in [0.2, 0.25) is 0 Å². The van der Waals surface area contributed by atoms with Crippen LogP contribution in [0, 0.1) is 0 Å². The van der Waals surface area contributed by atoms with Gasteiger partial charge in [0.15, 0.2) is 0 Å². The van der Waals surface area contributed by atoms with E-state index >= 15 is 0 Å². The van der Waals surface area contributed by atoms with E-state index < -0.39 is 6.09 Å². The van der Waals surface area contributed by atoms with Crippen molar-refractivity contribution >= 4 is 6.09 Å². The topological polar surface area (TPSA) is 64.6 Å². The van der Waals surface area contributed by atoms with Gasteiger partial charge in [-0.15, -0.1) is 0 Å². The second-order valence-corrected chi connectivity index (χ2v) is 4.59. The molecule has 2 bridgehead atoms. The molecule has 86 valence electrons. The number of rotatable bonds is 3. The number of nitrogens with one attached hydrogen (secondary N) is 2. The molecule has 2 rings (SSSR count). The third-order valence-electron chi connectivity index (χ3n) is 3.39. The SMILES string of the molecule is CC(CN1C2CCC1CNC2)NC(=O)O. The molecule has 2 heterocycles. The third kappa shape index (κ3) is 2.41. The Bertz CT molecular complexity index is 231. The van der Waals surface area contributed by atoms with Crippen molar-refractivity contribution in [3.8, 4) is 0 Å². The fraction of sp³-hybridized carbons (Fsp3) is 0.900. The zero-order valence-electron chi connectivity index (χ0n) is 9.07. The molecule has 0 radical (unpaired) electrons. The van der Waals surface area contributed by atoms with Crippen molar-refractivity contribution in [3.63, 3.8) is 0 Å². The van der Waals surface area contributed by atoms with Crippen LogP contribution in [0.3, 0.4) is 0 Å². The second-order valence-electron chi connectivity index (χ2n) is 4.59. The Kier molecular flexibility index (Phi) is 3.11.